The van der Waals surface area contributed by atoms with Crippen molar-refractivity contribution in [1.82, 2.24) is 4.57 Å². The van der Waals surface area contributed by atoms with E-state index in [0.717, 1.165) is 12.8 Å². The summed E-state index contributed by atoms with van der Waals surface area (Å²) in [6, 6.07) is 1.47. The minimum Gasteiger partial charge on any atom is -0.478 e. The van der Waals surface area contributed by atoms with Gasteiger partial charge < -0.3 is 14.4 Å². The van der Waals surface area contributed by atoms with Gasteiger partial charge in [-0.2, -0.15) is 0 Å². The van der Waals surface area contributed by atoms with Crippen molar-refractivity contribution in [3.05, 3.63) is 33.2 Å². The van der Waals surface area contributed by atoms with Crippen LogP contribution in [0.3, 0.4) is 0 Å². The normalized spacial score (nSPS) is 22.1. The van der Waals surface area contributed by atoms with E-state index in [1.807, 2.05) is 6.92 Å². The van der Waals surface area contributed by atoms with Crippen LogP contribution in [0.25, 0.3) is 0 Å². The van der Waals surface area contributed by atoms with Gasteiger partial charge in [0.1, 0.15) is 0 Å². The fourth-order valence-electron chi connectivity index (χ4n) is 2.80. The zero-order chi connectivity index (χ0) is 14.2. The monoisotopic (exact) mass is 265 g/mol. The number of hydrogen-bond acceptors (Lipinski definition) is 3. The van der Waals surface area contributed by atoms with E-state index in [0.29, 0.717) is 17.9 Å². The third-order valence-electron chi connectivity index (χ3n) is 3.75. The summed E-state index contributed by atoms with van der Waals surface area (Å²) in [5.74, 6) is -0.982. The number of pyridine rings is 1. The van der Waals surface area contributed by atoms with Gasteiger partial charge in [0, 0.05) is 24.4 Å². The molecule has 1 fully saturated rings. The lowest BCUT2D eigenvalue weighted by molar-refractivity contribution is -0.0210. The lowest BCUT2D eigenvalue weighted by Crippen LogP contribution is -2.40. The Morgan fingerprint density at radius 3 is 2.63 bits per heavy atom. The van der Waals surface area contributed by atoms with Crippen molar-refractivity contribution >= 4 is 5.97 Å². The molecule has 1 saturated carbocycles. The Labute approximate surface area is 111 Å². The molecule has 5 nitrogen and oxygen atoms in total. The summed E-state index contributed by atoms with van der Waals surface area (Å²) >= 11 is 0. The highest BCUT2D eigenvalue weighted by molar-refractivity contribution is 5.90. The molecule has 5 heteroatoms. The van der Waals surface area contributed by atoms with Crippen molar-refractivity contribution in [2.24, 2.45) is 0 Å². The average Bonchev–Trinajstić information content (AvgIpc) is 2.24. The molecule has 1 N–H and O–H groups in total. The molecule has 0 aromatic carbocycles. The highest BCUT2D eigenvalue weighted by Gasteiger charge is 2.33. The highest BCUT2D eigenvalue weighted by atomic mass is 16.5. The first-order chi connectivity index (χ1) is 8.95. The maximum atomic E-state index is 12.1. The van der Waals surface area contributed by atoms with Crippen molar-refractivity contribution < 1.29 is 14.6 Å². The van der Waals surface area contributed by atoms with Crippen molar-refractivity contribution in [2.75, 3.05) is 6.61 Å². The first-order valence-electron chi connectivity index (χ1n) is 6.53. The first-order valence-corrected chi connectivity index (χ1v) is 6.53. The van der Waals surface area contributed by atoms with Crippen LogP contribution in [0.2, 0.25) is 0 Å². The Balaban J connectivity index is 2.35. The molecule has 1 aromatic heterocycles. The molecule has 0 unspecified atom stereocenters. The van der Waals surface area contributed by atoms with Crippen LogP contribution >= 0.6 is 0 Å². The Hall–Kier alpha value is -1.62. The second kappa shape index (κ2) is 5.17. The van der Waals surface area contributed by atoms with Gasteiger partial charge >= 0.3 is 5.97 Å². The van der Waals surface area contributed by atoms with Crippen LogP contribution in [0.15, 0.2) is 10.9 Å². The molecule has 0 spiro atoms. The van der Waals surface area contributed by atoms with Crippen LogP contribution in [0.4, 0.5) is 0 Å². The van der Waals surface area contributed by atoms with E-state index in [1.54, 1.807) is 18.4 Å². The molecule has 2 rings (SSSR count). The van der Waals surface area contributed by atoms with Crippen molar-refractivity contribution in [3.8, 4) is 0 Å². The molecule has 0 atom stereocenters. The van der Waals surface area contributed by atoms with Crippen LogP contribution in [0, 0.1) is 13.8 Å². The molecule has 1 aliphatic carbocycles. The number of aryl methyl sites for hydroxylation is 1. The molecular formula is C14H19NO4. The van der Waals surface area contributed by atoms with Crippen LogP contribution in [-0.2, 0) is 4.74 Å². The summed E-state index contributed by atoms with van der Waals surface area (Å²) in [5.41, 5.74) is 1.17. The lowest BCUT2D eigenvalue weighted by Gasteiger charge is -2.37. The Morgan fingerprint density at radius 2 is 2.11 bits per heavy atom. The minimum absolute atomic E-state index is 0.0581. The van der Waals surface area contributed by atoms with Crippen LogP contribution in [0.1, 0.15) is 47.4 Å². The van der Waals surface area contributed by atoms with E-state index in [9.17, 15) is 14.7 Å². The van der Waals surface area contributed by atoms with Gasteiger partial charge in [0.2, 0.25) is 0 Å². The van der Waals surface area contributed by atoms with Crippen molar-refractivity contribution in [1.29, 1.82) is 0 Å². The fourth-order valence-corrected chi connectivity index (χ4v) is 2.80. The Bertz CT molecular complexity index is 555. The SMILES string of the molecule is CCOC1CC(n2c(C)c(C(=O)O)c(C)cc2=O)C1. The number of rotatable bonds is 4. The van der Waals surface area contributed by atoms with E-state index in [4.69, 9.17) is 4.74 Å². The average molecular weight is 265 g/mol. The summed E-state index contributed by atoms with van der Waals surface area (Å²) < 4.78 is 7.08. The van der Waals surface area contributed by atoms with Gasteiger partial charge in [-0.3, -0.25) is 4.79 Å². The summed E-state index contributed by atoms with van der Waals surface area (Å²) in [6.45, 7) is 5.97. The van der Waals surface area contributed by atoms with Crippen molar-refractivity contribution in [3.63, 3.8) is 0 Å². The number of ether oxygens (including phenoxy) is 1. The van der Waals surface area contributed by atoms with E-state index in [-0.39, 0.29) is 23.3 Å². The Kier molecular flexibility index (Phi) is 3.75. The lowest BCUT2D eigenvalue weighted by atomic mass is 9.88. The predicted octanol–water partition coefficient (Wildman–Crippen LogP) is 1.90. The third kappa shape index (κ3) is 2.42. The maximum Gasteiger partial charge on any atom is 0.337 e. The van der Waals surface area contributed by atoms with Crippen LogP contribution < -0.4 is 5.56 Å². The van der Waals surface area contributed by atoms with E-state index in [1.165, 1.54) is 6.07 Å². The summed E-state index contributed by atoms with van der Waals surface area (Å²) in [7, 11) is 0. The molecule has 0 aliphatic heterocycles. The molecule has 0 saturated heterocycles. The van der Waals surface area contributed by atoms with Gasteiger partial charge in [-0.15, -0.1) is 0 Å². The Morgan fingerprint density at radius 1 is 1.47 bits per heavy atom. The predicted molar refractivity (Wildman–Crippen MR) is 70.8 cm³/mol. The van der Waals surface area contributed by atoms with Gasteiger partial charge in [0.25, 0.3) is 5.56 Å². The quantitative estimate of drug-likeness (QED) is 0.902. The number of aromatic carboxylic acids is 1. The largest absolute Gasteiger partial charge is 0.478 e. The second-order valence-electron chi connectivity index (χ2n) is 5.00. The number of carboxylic acids is 1. The highest BCUT2D eigenvalue weighted by Crippen LogP contribution is 2.34. The van der Waals surface area contributed by atoms with Gasteiger partial charge in [-0.05, 0) is 39.2 Å². The molecule has 0 radical (unpaired) electrons. The first kappa shape index (κ1) is 13.8. The zero-order valence-electron chi connectivity index (χ0n) is 11.5. The molecule has 0 bridgehead atoms. The van der Waals surface area contributed by atoms with Gasteiger partial charge in [-0.25, -0.2) is 4.79 Å². The number of hydrogen-bond donors (Lipinski definition) is 1. The zero-order valence-corrected chi connectivity index (χ0v) is 11.5. The molecule has 1 aliphatic rings. The molecule has 1 heterocycles. The number of carboxylic acid groups (broad SMARTS) is 1. The fraction of sp³-hybridized carbons (Fsp3) is 0.571. The minimum atomic E-state index is -0.982. The molecule has 1 aromatic rings. The number of nitrogens with zero attached hydrogens (tertiary/aromatic N) is 1. The summed E-state index contributed by atoms with van der Waals surface area (Å²) in [6.07, 6.45) is 1.74. The number of carbonyl (C=O) groups is 1. The van der Waals surface area contributed by atoms with Gasteiger partial charge in [-0.1, -0.05) is 0 Å². The molecule has 104 valence electrons. The van der Waals surface area contributed by atoms with E-state index in [2.05, 4.69) is 0 Å². The van der Waals surface area contributed by atoms with Gasteiger partial charge in [0.15, 0.2) is 0 Å². The van der Waals surface area contributed by atoms with Crippen molar-refractivity contribution in [2.45, 2.75) is 45.8 Å². The summed E-state index contributed by atoms with van der Waals surface area (Å²) in [4.78, 5) is 23.3. The van der Waals surface area contributed by atoms with Gasteiger partial charge in [0.05, 0.1) is 11.7 Å². The van der Waals surface area contributed by atoms with Crippen LogP contribution in [0.5, 0.6) is 0 Å². The third-order valence-corrected chi connectivity index (χ3v) is 3.75. The summed E-state index contributed by atoms with van der Waals surface area (Å²) in [5, 5.41) is 9.23. The molecule has 19 heavy (non-hydrogen) atoms. The smallest absolute Gasteiger partial charge is 0.337 e. The maximum absolute atomic E-state index is 12.1. The standard InChI is InChI=1S/C14H19NO4/c1-4-19-11-6-10(7-11)15-9(3)13(14(17)18)8(2)5-12(15)16/h5,10-11H,4,6-7H2,1-3H3,(H,17,18). The number of aromatic nitrogens is 1. The molecular weight excluding hydrogens is 246 g/mol. The molecule has 0 amide bonds. The second-order valence-corrected chi connectivity index (χ2v) is 5.00. The topological polar surface area (TPSA) is 68.5 Å². The van der Waals surface area contributed by atoms with E-state index < -0.39 is 5.97 Å². The van der Waals surface area contributed by atoms with E-state index >= 15 is 0 Å². The van der Waals surface area contributed by atoms with Crippen LogP contribution in [-0.4, -0.2) is 28.4 Å².